The highest BCUT2D eigenvalue weighted by Gasteiger charge is 2.56. The number of amides is 1. The molecular formula is C46H54NO12PSi. The zero-order chi connectivity index (χ0) is 43.2. The molecule has 0 saturated carbocycles. The smallest absolute Gasteiger partial charge is 0.449 e. The van der Waals surface area contributed by atoms with Crippen molar-refractivity contribution >= 4 is 28.4 Å². The van der Waals surface area contributed by atoms with Crippen LogP contribution < -0.4 is 5.32 Å². The minimum absolute atomic E-state index is 0.00140. The van der Waals surface area contributed by atoms with Gasteiger partial charge in [0.15, 0.2) is 20.7 Å². The largest absolute Gasteiger partial charge is 0.509 e. The molecule has 1 fully saturated rings. The van der Waals surface area contributed by atoms with Crippen LogP contribution in [0.4, 0.5) is 9.59 Å². The van der Waals surface area contributed by atoms with Gasteiger partial charge in [-0.2, -0.15) is 0 Å². The van der Waals surface area contributed by atoms with Crippen molar-refractivity contribution in [3.63, 3.8) is 0 Å². The van der Waals surface area contributed by atoms with Crippen molar-refractivity contribution < 1.29 is 55.8 Å². The molecule has 2 aliphatic heterocycles. The predicted octanol–water partition coefficient (Wildman–Crippen LogP) is 9.81. The Labute approximate surface area is 358 Å². The van der Waals surface area contributed by atoms with E-state index in [0.717, 1.165) is 38.9 Å². The van der Waals surface area contributed by atoms with Crippen LogP contribution in [0.15, 0.2) is 116 Å². The Morgan fingerprint density at radius 3 is 2.02 bits per heavy atom. The summed E-state index contributed by atoms with van der Waals surface area (Å²) >= 11 is 0. The molecule has 2 unspecified atom stereocenters. The first kappa shape index (κ1) is 44.4. The molecule has 0 radical (unpaired) electrons. The average molecular weight is 872 g/mol. The summed E-state index contributed by atoms with van der Waals surface area (Å²) in [4.78, 5) is 27.6. The van der Waals surface area contributed by atoms with Gasteiger partial charge >= 0.3 is 20.1 Å². The zero-order valence-corrected chi connectivity index (χ0v) is 37.0. The molecule has 61 heavy (non-hydrogen) atoms. The lowest BCUT2D eigenvalue weighted by molar-refractivity contribution is -0.250. The van der Waals surface area contributed by atoms with Crippen molar-refractivity contribution in [1.29, 1.82) is 0 Å². The molecule has 4 aromatic rings. The summed E-state index contributed by atoms with van der Waals surface area (Å²) < 4.78 is 69.9. The second-order valence-electron chi connectivity index (χ2n) is 16.7. The Kier molecular flexibility index (Phi) is 14.0. The molecule has 7 rings (SSSR count). The van der Waals surface area contributed by atoms with Crippen molar-refractivity contribution in [3.8, 4) is 11.1 Å². The summed E-state index contributed by atoms with van der Waals surface area (Å²) in [5.74, 6) is -0.234. The topological polar surface area (TPSA) is 146 Å². The molecular weight excluding hydrogens is 818 g/mol. The quantitative estimate of drug-likeness (QED) is 0.0557. The first-order valence-electron chi connectivity index (χ1n) is 20.4. The Hall–Kier alpha value is -4.63. The number of fused-ring (bicyclic) bond motifs is 4. The number of phosphoric acid groups is 1. The van der Waals surface area contributed by atoms with Crippen LogP contribution in [0.3, 0.4) is 0 Å². The number of benzene rings is 4. The van der Waals surface area contributed by atoms with E-state index in [9.17, 15) is 14.2 Å². The molecule has 13 nitrogen and oxygen atoms in total. The number of carbonyl (C=O) groups excluding carboxylic acids is 2. The minimum Gasteiger partial charge on any atom is -0.449 e. The van der Waals surface area contributed by atoms with E-state index in [0.29, 0.717) is 0 Å². The maximum atomic E-state index is 14.6. The highest BCUT2D eigenvalue weighted by Crippen LogP contribution is 2.55. The molecule has 5 atom stereocenters. The second-order valence-corrected chi connectivity index (χ2v) is 23.1. The maximum absolute atomic E-state index is 14.6. The third-order valence-corrected chi connectivity index (χ3v) is 17.4. The summed E-state index contributed by atoms with van der Waals surface area (Å²) in [7, 11) is -7.15. The number of alkyl carbamates (subject to hydrolysis) is 1. The van der Waals surface area contributed by atoms with Crippen LogP contribution in [0, 0.1) is 0 Å². The maximum Gasteiger partial charge on any atom is 0.509 e. The molecule has 0 bridgehead atoms. The third kappa shape index (κ3) is 10.5. The third-order valence-electron chi connectivity index (χ3n) is 11.6. The van der Waals surface area contributed by atoms with Crippen molar-refractivity contribution in [1.82, 2.24) is 5.32 Å². The van der Waals surface area contributed by atoms with E-state index in [-0.39, 0.29) is 50.6 Å². The van der Waals surface area contributed by atoms with Crippen LogP contribution in [0.2, 0.25) is 18.1 Å². The summed E-state index contributed by atoms with van der Waals surface area (Å²) in [6, 6.07) is 31.6. The molecule has 1 aliphatic carbocycles. The van der Waals surface area contributed by atoms with Gasteiger partial charge in [0, 0.05) is 5.92 Å². The van der Waals surface area contributed by atoms with Crippen LogP contribution in [0.5, 0.6) is 0 Å². The van der Waals surface area contributed by atoms with Gasteiger partial charge < -0.3 is 33.4 Å². The number of phosphoric ester groups is 1. The zero-order valence-electron chi connectivity index (χ0n) is 35.2. The number of hydrogen-bond donors (Lipinski definition) is 1. The monoisotopic (exact) mass is 871 g/mol. The fourth-order valence-corrected chi connectivity index (χ4v) is 9.81. The van der Waals surface area contributed by atoms with Crippen molar-refractivity contribution in [2.45, 2.75) is 95.3 Å². The average Bonchev–Trinajstić information content (AvgIpc) is 3.46. The van der Waals surface area contributed by atoms with Crippen LogP contribution in [-0.2, 0) is 66.1 Å². The van der Waals surface area contributed by atoms with Gasteiger partial charge in [-0.1, -0.05) is 137 Å². The van der Waals surface area contributed by atoms with E-state index in [1.807, 2.05) is 104 Å². The number of ether oxygens (including phenoxy) is 5. The van der Waals surface area contributed by atoms with Gasteiger partial charge in [-0.15, -0.1) is 0 Å². The Bertz CT molecular complexity index is 2140. The second kappa shape index (κ2) is 19.2. The SMILES string of the molecule is C=CCOC(=O)O[C@@H]1C(NC(=O)OCC2c3ccccc3-c3ccccc32)[C@H](O[Si](C)(C)C(C)(C)C)OC(COCc2ccccc2)[C@@H]1OP1(=O)OCc2ccccc2CO1. The van der Waals surface area contributed by atoms with Crippen LogP contribution in [0.25, 0.3) is 11.1 Å². The number of carbonyl (C=O) groups is 2. The van der Waals surface area contributed by atoms with Crippen molar-refractivity contribution in [2.75, 3.05) is 19.8 Å². The Balaban J connectivity index is 1.22. The Morgan fingerprint density at radius 1 is 0.820 bits per heavy atom. The van der Waals surface area contributed by atoms with E-state index in [1.165, 1.54) is 6.08 Å². The molecule has 1 amide bonds. The lowest BCUT2D eigenvalue weighted by Crippen LogP contribution is -2.68. The molecule has 15 heteroatoms. The van der Waals surface area contributed by atoms with Gasteiger partial charge in [-0.05, 0) is 57.1 Å². The van der Waals surface area contributed by atoms with Gasteiger partial charge in [0.05, 0.1) is 26.4 Å². The van der Waals surface area contributed by atoms with Crippen molar-refractivity contribution in [2.24, 2.45) is 0 Å². The highest BCUT2D eigenvalue weighted by atomic mass is 31.2. The lowest BCUT2D eigenvalue weighted by Gasteiger charge is -2.48. The van der Waals surface area contributed by atoms with Gasteiger partial charge in [0.25, 0.3) is 0 Å². The summed E-state index contributed by atoms with van der Waals surface area (Å²) in [5, 5.41) is 2.58. The molecule has 1 N–H and O–H groups in total. The van der Waals surface area contributed by atoms with E-state index >= 15 is 0 Å². The molecule has 4 aromatic carbocycles. The van der Waals surface area contributed by atoms with Gasteiger partial charge in [-0.25, -0.2) is 14.2 Å². The number of hydrogen-bond acceptors (Lipinski definition) is 12. The van der Waals surface area contributed by atoms with E-state index in [1.54, 1.807) is 0 Å². The van der Waals surface area contributed by atoms with Gasteiger partial charge in [-0.3, -0.25) is 13.6 Å². The summed E-state index contributed by atoms with van der Waals surface area (Å²) in [5.41, 5.74) is 6.64. The molecule has 0 aromatic heterocycles. The molecule has 324 valence electrons. The minimum atomic E-state index is -4.43. The highest BCUT2D eigenvalue weighted by molar-refractivity contribution is 7.48. The van der Waals surface area contributed by atoms with Gasteiger partial charge in [0.1, 0.15) is 31.5 Å². The molecule has 3 aliphatic rings. The number of nitrogens with one attached hydrogen (secondary N) is 1. The van der Waals surface area contributed by atoms with E-state index < -0.39 is 59.0 Å². The van der Waals surface area contributed by atoms with Gasteiger partial charge in [0.2, 0.25) is 0 Å². The summed E-state index contributed by atoms with van der Waals surface area (Å²) in [6.45, 7) is 13.6. The van der Waals surface area contributed by atoms with E-state index in [2.05, 4.69) is 44.8 Å². The number of rotatable bonds is 14. The molecule has 0 spiro atoms. The molecule has 2 heterocycles. The Morgan fingerprint density at radius 2 is 1.41 bits per heavy atom. The fraction of sp³-hybridized carbons (Fsp3) is 0.391. The van der Waals surface area contributed by atoms with E-state index in [4.69, 9.17) is 41.7 Å². The van der Waals surface area contributed by atoms with Crippen LogP contribution in [0.1, 0.15) is 54.5 Å². The van der Waals surface area contributed by atoms with Crippen LogP contribution in [-0.4, -0.2) is 71.0 Å². The predicted molar refractivity (Wildman–Crippen MR) is 230 cm³/mol. The normalized spacial score (nSPS) is 22.1. The first-order valence-corrected chi connectivity index (χ1v) is 24.8. The summed E-state index contributed by atoms with van der Waals surface area (Å²) in [6.07, 6.45) is -5.83. The van der Waals surface area contributed by atoms with Crippen LogP contribution >= 0.6 is 7.82 Å². The lowest BCUT2D eigenvalue weighted by atomic mass is 9.96. The first-order chi connectivity index (χ1) is 29.2. The molecule has 1 saturated heterocycles. The fourth-order valence-electron chi connectivity index (χ4n) is 7.32. The standard InChI is InChI=1S/C46H54NO12PSi/c1-7-25-52-45(49)57-42-40(47-44(48)53-29-38-36-23-15-13-21-34(36)35-22-14-16-24-37(35)38)43(59-61(5,6)46(2,3)4)56-39(30-51-26-31-17-9-8-10-18-31)41(42)58-60(50)54-27-32-19-11-12-20-33(32)28-55-60/h7-24,38-43H,1,25-30H2,2-6H3,(H,47,48)/t39?,40?,41-,42+,43-/m0/s1. The van der Waals surface area contributed by atoms with Crippen molar-refractivity contribution in [3.05, 3.63) is 144 Å².